The quantitative estimate of drug-likeness (QED) is 0.479. The summed E-state index contributed by atoms with van der Waals surface area (Å²) in [5.74, 6) is -1.71. The second kappa shape index (κ2) is 8.38. The van der Waals surface area contributed by atoms with Gasteiger partial charge in [0, 0.05) is 46.2 Å². The van der Waals surface area contributed by atoms with E-state index in [0.717, 1.165) is 6.20 Å². The van der Waals surface area contributed by atoms with Gasteiger partial charge in [0.1, 0.15) is 11.9 Å². The van der Waals surface area contributed by atoms with Crippen molar-refractivity contribution in [3.63, 3.8) is 0 Å². The minimum atomic E-state index is -1.06. The summed E-state index contributed by atoms with van der Waals surface area (Å²) < 4.78 is 28.3. The van der Waals surface area contributed by atoms with Crippen LogP contribution in [0.4, 0.5) is 20.2 Å². The Hall–Kier alpha value is -2.41. The summed E-state index contributed by atoms with van der Waals surface area (Å²) in [4.78, 5) is 31.9. The molecular weight excluding hydrogens is 398 g/mol. The fraction of sp³-hybridized carbons (Fsp3) is 0.611. The molecule has 0 spiro atoms. The van der Waals surface area contributed by atoms with Crippen LogP contribution in [0.5, 0.6) is 0 Å². The van der Waals surface area contributed by atoms with Gasteiger partial charge < -0.3 is 20.9 Å². The molecule has 30 heavy (non-hydrogen) atoms. The van der Waals surface area contributed by atoms with Crippen LogP contribution >= 0.6 is 0 Å². The third-order valence-electron chi connectivity index (χ3n) is 5.80. The number of hydrazine groups is 1. The van der Waals surface area contributed by atoms with Crippen LogP contribution in [0.1, 0.15) is 6.92 Å². The SMILES string of the molecule is CC(=O)N1CCN(c2c(F)cncc2NC(=O)C2C(N)NN3CC(F)CNC23)CC1. The molecule has 3 saturated heterocycles. The Bertz CT molecular complexity index is 819. The van der Waals surface area contributed by atoms with Gasteiger partial charge in [0.15, 0.2) is 5.82 Å². The van der Waals surface area contributed by atoms with Crippen LogP contribution < -0.4 is 26.7 Å². The van der Waals surface area contributed by atoms with Crippen LogP contribution in [0.15, 0.2) is 12.4 Å². The maximum Gasteiger partial charge on any atom is 0.233 e. The Morgan fingerprint density at radius 1 is 1.27 bits per heavy atom. The number of pyridine rings is 1. The highest BCUT2D eigenvalue weighted by atomic mass is 19.1. The summed E-state index contributed by atoms with van der Waals surface area (Å²) in [6, 6.07) is 0. The van der Waals surface area contributed by atoms with Gasteiger partial charge in [-0.3, -0.25) is 19.9 Å². The summed E-state index contributed by atoms with van der Waals surface area (Å²) >= 11 is 0. The molecule has 10 nitrogen and oxygen atoms in total. The summed E-state index contributed by atoms with van der Waals surface area (Å²) in [5, 5.41) is 7.34. The first-order chi connectivity index (χ1) is 14.3. The third kappa shape index (κ3) is 3.95. The zero-order valence-corrected chi connectivity index (χ0v) is 16.6. The molecule has 1 aromatic heterocycles. The molecule has 12 heteroatoms. The number of aromatic nitrogens is 1. The number of alkyl halides is 1. The molecule has 5 N–H and O–H groups in total. The number of carbonyl (C=O) groups excluding carboxylic acids is 2. The molecule has 0 aromatic carbocycles. The molecular formula is C18H26F2N8O2. The lowest BCUT2D eigenvalue weighted by Crippen LogP contribution is -2.58. The molecule has 2 amide bonds. The van der Waals surface area contributed by atoms with E-state index in [1.165, 1.54) is 13.1 Å². The molecule has 0 bridgehead atoms. The maximum absolute atomic E-state index is 14.7. The number of amides is 2. The van der Waals surface area contributed by atoms with E-state index < -0.39 is 36.1 Å². The Morgan fingerprint density at radius 3 is 2.70 bits per heavy atom. The molecule has 4 unspecified atom stereocenters. The molecule has 3 aliphatic heterocycles. The van der Waals surface area contributed by atoms with E-state index in [0.29, 0.717) is 26.2 Å². The zero-order valence-electron chi connectivity index (χ0n) is 16.6. The van der Waals surface area contributed by atoms with E-state index in [2.05, 4.69) is 21.0 Å². The van der Waals surface area contributed by atoms with Crippen LogP contribution in [0.3, 0.4) is 0 Å². The number of hydrogen-bond donors (Lipinski definition) is 4. The van der Waals surface area contributed by atoms with Gasteiger partial charge in [0.2, 0.25) is 11.8 Å². The lowest BCUT2D eigenvalue weighted by Gasteiger charge is -2.36. The number of piperazine rings is 1. The number of nitrogens with two attached hydrogens (primary N) is 1. The number of rotatable bonds is 3. The molecule has 0 radical (unpaired) electrons. The van der Waals surface area contributed by atoms with Crippen molar-refractivity contribution in [3.8, 4) is 0 Å². The van der Waals surface area contributed by atoms with E-state index in [4.69, 9.17) is 5.73 Å². The fourth-order valence-corrected chi connectivity index (χ4v) is 4.28. The molecule has 3 aliphatic rings. The number of carbonyl (C=O) groups is 2. The number of halogens is 2. The smallest absolute Gasteiger partial charge is 0.233 e. The van der Waals surface area contributed by atoms with Gasteiger partial charge >= 0.3 is 0 Å². The predicted octanol–water partition coefficient (Wildman–Crippen LogP) is -1.18. The predicted molar refractivity (Wildman–Crippen MR) is 105 cm³/mol. The van der Waals surface area contributed by atoms with Gasteiger partial charge in [-0.25, -0.2) is 19.2 Å². The van der Waals surface area contributed by atoms with Crippen LogP contribution in [0.2, 0.25) is 0 Å². The number of fused-ring (bicyclic) bond motifs is 1. The van der Waals surface area contributed by atoms with Gasteiger partial charge in [-0.2, -0.15) is 0 Å². The molecule has 0 aliphatic carbocycles. The van der Waals surface area contributed by atoms with Crippen molar-refractivity contribution in [3.05, 3.63) is 18.2 Å². The van der Waals surface area contributed by atoms with E-state index in [9.17, 15) is 18.4 Å². The Labute approximate surface area is 172 Å². The molecule has 4 rings (SSSR count). The van der Waals surface area contributed by atoms with Crippen LogP contribution in [0.25, 0.3) is 0 Å². The standard InChI is InChI=1S/C18H26F2N8O2/c1-10(29)26-2-4-27(5-3-26)15-12(20)7-22-8-13(15)24-18(30)14-16(21)25-28-9-11(19)6-23-17(14)28/h7-8,11,14,16-17,23,25H,2-6,9,21H2,1H3,(H,24,30). The number of nitrogens with one attached hydrogen (secondary N) is 3. The van der Waals surface area contributed by atoms with Gasteiger partial charge in [0.25, 0.3) is 0 Å². The first-order valence-electron chi connectivity index (χ1n) is 9.96. The second-order valence-electron chi connectivity index (χ2n) is 7.78. The van der Waals surface area contributed by atoms with Gasteiger partial charge in [-0.05, 0) is 0 Å². The van der Waals surface area contributed by atoms with Crippen molar-refractivity contribution in [2.75, 3.05) is 49.5 Å². The van der Waals surface area contributed by atoms with Crippen molar-refractivity contribution in [1.29, 1.82) is 0 Å². The summed E-state index contributed by atoms with van der Waals surface area (Å²) in [6.45, 7) is 3.56. The lowest BCUT2D eigenvalue weighted by molar-refractivity contribution is -0.129. The minimum Gasteiger partial charge on any atom is -0.364 e. The van der Waals surface area contributed by atoms with Crippen molar-refractivity contribution < 1.29 is 18.4 Å². The largest absolute Gasteiger partial charge is 0.364 e. The average Bonchev–Trinajstić information content (AvgIpc) is 3.03. The number of nitrogens with zero attached hydrogens (tertiary/aromatic N) is 4. The Balaban J connectivity index is 1.51. The highest BCUT2D eigenvalue weighted by molar-refractivity contribution is 5.96. The topological polar surface area (TPSA) is 119 Å². The summed E-state index contributed by atoms with van der Waals surface area (Å²) in [6.07, 6.45) is 0.255. The molecule has 1 aromatic rings. The third-order valence-corrected chi connectivity index (χ3v) is 5.80. The monoisotopic (exact) mass is 424 g/mol. The van der Waals surface area contributed by atoms with E-state index in [1.807, 2.05) is 0 Å². The van der Waals surface area contributed by atoms with Crippen molar-refractivity contribution in [1.82, 2.24) is 25.6 Å². The molecule has 164 valence electrons. The van der Waals surface area contributed by atoms with E-state index >= 15 is 0 Å². The van der Waals surface area contributed by atoms with Crippen molar-refractivity contribution >= 4 is 23.2 Å². The fourth-order valence-electron chi connectivity index (χ4n) is 4.28. The number of hydrogen-bond acceptors (Lipinski definition) is 8. The molecule has 4 heterocycles. The van der Waals surface area contributed by atoms with Crippen LogP contribution in [-0.2, 0) is 9.59 Å². The van der Waals surface area contributed by atoms with E-state index in [-0.39, 0.29) is 30.4 Å². The van der Waals surface area contributed by atoms with E-state index in [1.54, 1.807) is 14.8 Å². The molecule has 3 fully saturated rings. The minimum absolute atomic E-state index is 0.0267. The zero-order chi connectivity index (χ0) is 21.4. The van der Waals surface area contributed by atoms with Gasteiger partial charge in [-0.15, -0.1) is 0 Å². The molecule has 4 atom stereocenters. The Kier molecular flexibility index (Phi) is 5.82. The lowest BCUT2D eigenvalue weighted by atomic mass is 10.0. The maximum atomic E-state index is 14.7. The first-order valence-corrected chi connectivity index (χ1v) is 9.96. The highest BCUT2D eigenvalue weighted by Gasteiger charge is 2.47. The normalized spacial score (nSPS) is 29.6. The van der Waals surface area contributed by atoms with Gasteiger partial charge in [-0.1, -0.05) is 0 Å². The van der Waals surface area contributed by atoms with Crippen LogP contribution in [-0.4, -0.2) is 84.5 Å². The number of anilines is 2. The molecule has 0 saturated carbocycles. The van der Waals surface area contributed by atoms with Gasteiger partial charge in [0.05, 0.1) is 36.3 Å². The Morgan fingerprint density at radius 2 is 2.00 bits per heavy atom. The average molecular weight is 424 g/mol. The summed E-state index contributed by atoms with van der Waals surface area (Å²) in [5.41, 5.74) is 9.47. The highest BCUT2D eigenvalue weighted by Crippen LogP contribution is 2.31. The van der Waals surface area contributed by atoms with Crippen LogP contribution in [0, 0.1) is 11.7 Å². The second-order valence-corrected chi connectivity index (χ2v) is 7.78. The van der Waals surface area contributed by atoms with Crippen molar-refractivity contribution in [2.45, 2.75) is 25.4 Å². The summed E-state index contributed by atoms with van der Waals surface area (Å²) in [7, 11) is 0. The first kappa shape index (κ1) is 20.8. The van der Waals surface area contributed by atoms with Crippen molar-refractivity contribution in [2.24, 2.45) is 11.7 Å².